The number of rotatable bonds is 21. The molecule has 0 aliphatic carbocycles. The van der Waals surface area contributed by atoms with Gasteiger partial charge in [-0.15, -0.1) is 0 Å². The van der Waals surface area contributed by atoms with Crippen molar-refractivity contribution < 1.29 is 58.0 Å². The van der Waals surface area contributed by atoms with Gasteiger partial charge in [-0.3, -0.25) is 0 Å². The molecule has 338 valence electrons. The van der Waals surface area contributed by atoms with Gasteiger partial charge in [0.05, 0.1) is 0 Å². The van der Waals surface area contributed by atoms with Crippen molar-refractivity contribution in [2.24, 2.45) is 5.92 Å². The minimum atomic E-state index is -1.61. The van der Waals surface area contributed by atoms with E-state index in [1.54, 1.807) is 0 Å². The zero-order valence-corrected chi connectivity index (χ0v) is 37.2. The molecule has 5 aromatic carbocycles. The second kappa shape index (κ2) is 22.6. The molecular formula is C51H56O12Se. The molecule has 64 heavy (non-hydrogen) atoms. The molecule has 13 heteroatoms. The monoisotopic (exact) mass is 940 g/mol. The van der Waals surface area contributed by atoms with E-state index in [1.165, 1.54) is 0 Å². The summed E-state index contributed by atoms with van der Waals surface area (Å²) in [6, 6.07) is 49.7. The maximum absolute atomic E-state index is 12.8. The Bertz CT molecular complexity index is 2140. The molecule has 3 fully saturated rings. The second-order valence-corrected chi connectivity index (χ2v) is 18.7. The molecule has 8 rings (SSSR count). The Labute approximate surface area is 380 Å². The molecule has 3 N–H and O–H groups in total. The molecule has 0 unspecified atom stereocenters. The maximum atomic E-state index is 12.8. The molecule has 3 aliphatic heterocycles. The first-order chi connectivity index (χ1) is 31.4. The molecule has 0 radical (unpaired) electrons. The van der Waals surface area contributed by atoms with Gasteiger partial charge in [0, 0.05) is 0 Å². The van der Waals surface area contributed by atoms with Crippen molar-refractivity contribution >= 4 is 25.6 Å². The molecule has 0 aromatic heterocycles. The van der Waals surface area contributed by atoms with Crippen LogP contribution in [0.1, 0.15) is 35.1 Å². The first-order valence-corrected chi connectivity index (χ1v) is 23.9. The molecule has 3 heterocycles. The predicted molar refractivity (Wildman–Crippen MR) is 237 cm³/mol. The van der Waals surface area contributed by atoms with Gasteiger partial charge in [0.2, 0.25) is 0 Å². The third kappa shape index (κ3) is 12.0. The first kappa shape index (κ1) is 46.1. The van der Waals surface area contributed by atoms with E-state index in [-0.39, 0.29) is 54.2 Å². The average Bonchev–Trinajstić information content (AvgIpc) is 3.72. The van der Waals surface area contributed by atoms with Crippen molar-refractivity contribution in [1.82, 2.24) is 0 Å². The van der Waals surface area contributed by atoms with Crippen molar-refractivity contribution in [3.8, 4) is 0 Å². The van der Waals surface area contributed by atoms with Crippen molar-refractivity contribution in [3.63, 3.8) is 0 Å². The summed E-state index contributed by atoms with van der Waals surface area (Å²) in [4.78, 5) is 12.8. The number of benzene rings is 5. The van der Waals surface area contributed by atoms with Gasteiger partial charge in [-0.05, 0) is 0 Å². The van der Waals surface area contributed by atoms with Crippen LogP contribution < -0.4 is 4.46 Å². The van der Waals surface area contributed by atoms with Crippen LogP contribution in [0.3, 0.4) is 0 Å². The van der Waals surface area contributed by atoms with Crippen molar-refractivity contribution in [2.45, 2.75) is 105 Å². The van der Waals surface area contributed by atoms with Crippen LogP contribution in [0.15, 0.2) is 152 Å². The van der Waals surface area contributed by atoms with E-state index in [1.807, 2.05) is 140 Å². The Morgan fingerprint density at radius 3 is 1.73 bits per heavy atom. The molecule has 5 aromatic rings. The van der Waals surface area contributed by atoms with Gasteiger partial charge < -0.3 is 0 Å². The number of ether oxygens (including phenoxy) is 8. The summed E-state index contributed by atoms with van der Waals surface area (Å²) in [6.45, 7) is 0.490. The molecule has 0 saturated carbocycles. The minimum absolute atomic E-state index is 0.156. The number of aliphatic hydroxyl groups excluding tert-OH is 3. The van der Waals surface area contributed by atoms with Crippen LogP contribution in [0.5, 0.6) is 0 Å². The van der Waals surface area contributed by atoms with Crippen LogP contribution in [0.25, 0.3) is 0 Å². The third-order valence-corrected chi connectivity index (χ3v) is 14.6. The van der Waals surface area contributed by atoms with Gasteiger partial charge in [0.25, 0.3) is 0 Å². The normalized spacial score (nSPS) is 27.5. The van der Waals surface area contributed by atoms with Crippen LogP contribution in [0.2, 0.25) is 5.32 Å². The number of hydrogen-bond donors (Lipinski definition) is 3. The molecule has 12 nitrogen and oxygen atoms in total. The summed E-state index contributed by atoms with van der Waals surface area (Å²) in [5.41, 5.74) is 2.76. The standard InChI is InChI=1S/C51H56O12Se/c52-28-41(53)44(54)48-47-42(61-50(55)62-47)27-51(63-48,34-64-39-24-14-5-15-25-39)26-40-45(57-30-36-18-8-2-9-19-36)43(33-56-29-35-16-6-1-7-17-35)60-49(59-32-38-22-12-4-13-23-38)46(40)58-31-37-20-10-3-11-21-37/h1-25,40-49,52-54H,26-34H2/t40-,41+,42-,43+,44+,45+,46+,47-,48-,49+,51+/m0/s1. The van der Waals surface area contributed by atoms with E-state index < -0.39 is 79.4 Å². The van der Waals surface area contributed by atoms with Crippen LogP contribution >= 0.6 is 0 Å². The van der Waals surface area contributed by atoms with E-state index in [9.17, 15) is 20.1 Å². The Morgan fingerprint density at radius 1 is 0.656 bits per heavy atom. The zero-order valence-electron chi connectivity index (χ0n) is 35.5. The van der Waals surface area contributed by atoms with Gasteiger partial charge in [-0.25, -0.2) is 0 Å². The van der Waals surface area contributed by atoms with Gasteiger partial charge in [-0.2, -0.15) is 0 Å². The summed E-state index contributed by atoms with van der Waals surface area (Å²) in [5, 5.41) is 32.9. The van der Waals surface area contributed by atoms with Crippen molar-refractivity contribution in [1.29, 1.82) is 0 Å². The summed E-state index contributed by atoms with van der Waals surface area (Å²) in [5.74, 6) is -0.519. The fraction of sp³-hybridized carbons (Fsp3) is 0.392. The SMILES string of the molecule is O=C1O[C@@H]2[C@H]([C@H](O)[C@H](O)CO)O[C@](C[Se]c3ccccc3)(C[C@H]3[C@@H](OCc4ccccc4)[C@@H](COCc4ccccc4)O[C@@H](OCc4ccccc4)[C@@H]3OCc3ccccc3)C[C@@H]2O1. The topological polar surface area (TPSA) is 152 Å². The molecule has 3 saturated heterocycles. The number of aliphatic hydroxyl groups is 3. The molecule has 0 amide bonds. The average molecular weight is 940 g/mol. The molecule has 0 spiro atoms. The Kier molecular flexibility index (Phi) is 16.3. The molecule has 11 atom stereocenters. The van der Waals surface area contributed by atoms with Crippen molar-refractivity contribution in [3.05, 3.63) is 174 Å². The van der Waals surface area contributed by atoms with E-state index in [4.69, 9.17) is 37.9 Å². The molecule has 3 aliphatic rings. The zero-order chi connectivity index (χ0) is 44.1. The van der Waals surface area contributed by atoms with E-state index in [0.717, 1.165) is 26.7 Å². The van der Waals surface area contributed by atoms with Crippen LogP contribution in [0.4, 0.5) is 4.79 Å². The van der Waals surface area contributed by atoms with Gasteiger partial charge >= 0.3 is 376 Å². The molecular weight excluding hydrogens is 884 g/mol. The first-order valence-electron chi connectivity index (χ1n) is 21.8. The third-order valence-electron chi connectivity index (χ3n) is 11.9. The van der Waals surface area contributed by atoms with Crippen LogP contribution in [-0.4, -0.2) is 110 Å². The van der Waals surface area contributed by atoms with Gasteiger partial charge in [0.15, 0.2) is 0 Å². The van der Waals surface area contributed by atoms with E-state index in [2.05, 4.69) is 12.1 Å². The number of hydrogen-bond acceptors (Lipinski definition) is 12. The van der Waals surface area contributed by atoms with E-state index in [0.29, 0.717) is 11.9 Å². The van der Waals surface area contributed by atoms with Gasteiger partial charge in [0.1, 0.15) is 0 Å². The number of carbonyl (C=O) groups is 1. The van der Waals surface area contributed by atoms with E-state index >= 15 is 0 Å². The Balaban J connectivity index is 1.21. The summed E-state index contributed by atoms with van der Waals surface area (Å²) in [6.07, 6.45) is -9.63. The quantitative estimate of drug-likeness (QED) is 0.0593. The summed E-state index contributed by atoms with van der Waals surface area (Å²) >= 11 is -0.185. The Morgan fingerprint density at radius 2 is 1.17 bits per heavy atom. The fourth-order valence-corrected chi connectivity index (χ4v) is 11.0. The number of fused-ring (bicyclic) bond motifs is 1. The second-order valence-electron chi connectivity index (χ2n) is 16.5. The fourth-order valence-electron chi connectivity index (χ4n) is 8.73. The summed E-state index contributed by atoms with van der Waals surface area (Å²) in [7, 11) is 0. The summed E-state index contributed by atoms with van der Waals surface area (Å²) < 4.78 is 53.9. The van der Waals surface area contributed by atoms with Crippen LogP contribution in [-0.2, 0) is 64.3 Å². The number of carbonyl (C=O) groups excluding carboxylic acids is 1. The predicted octanol–water partition coefficient (Wildman–Crippen LogP) is 5.92. The van der Waals surface area contributed by atoms with Gasteiger partial charge in [-0.1, -0.05) is 6.07 Å². The van der Waals surface area contributed by atoms with Crippen molar-refractivity contribution in [2.75, 3.05) is 13.2 Å². The van der Waals surface area contributed by atoms with Crippen LogP contribution in [0, 0.1) is 5.92 Å². The molecule has 0 bridgehead atoms. The Hall–Kier alpha value is -4.47.